The summed E-state index contributed by atoms with van der Waals surface area (Å²) in [6.07, 6.45) is 9.60. The summed E-state index contributed by atoms with van der Waals surface area (Å²) in [5, 5.41) is 0. The predicted molar refractivity (Wildman–Crippen MR) is 48.8 cm³/mol. The third-order valence-corrected chi connectivity index (χ3v) is 3.61. The first-order valence-corrected chi connectivity index (χ1v) is 4.87. The molecule has 2 atom stereocenters. The van der Waals surface area contributed by atoms with Gasteiger partial charge in [-0.1, -0.05) is 19.1 Å². The third-order valence-electron chi connectivity index (χ3n) is 3.61. The topological polar surface area (TPSA) is 17.1 Å². The Morgan fingerprint density at radius 1 is 1.50 bits per heavy atom. The molecule has 0 bridgehead atoms. The van der Waals surface area contributed by atoms with Gasteiger partial charge < -0.3 is 0 Å². The average molecular weight is 164 g/mol. The van der Waals surface area contributed by atoms with Crippen LogP contribution in [0, 0.1) is 11.3 Å². The molecule has 1 fully saturated rings. The van der Waals surface area contributed by atoms with Gasteiger partial charge in [-0.25, -0.2) is 0 Å². The number of hydrogen-bond donors (Lipinski definition) is 0. The normalized spacial score (nSPS) is 41.1. The molecule has 0 amide bonds. The second-order valence-electron chi connectivity index (χ2n) is 4.50. The van der Waals surface area contributed by atoms with E-state index in [1.54, 1.807) is 0 Å². The molecule has 0 spiro atoms. The summed E-state index contributed by atoms with van der Waals surface area (Å²) in [5.41, 5.74) is 0.447. The van der Waals surface area contributed by atoms with Crippen molar-refractivity contribution in [3.05, 3.63) is 12.2 Å². The van der Waals surface area contributed by atoms with E-state index in [9.17, 15) is 4.79 Å². The molecule has 0 unspecified atom stereocenters. The Morgan fingerprint density at radius 2 is 2.33 bits per heavy atom. The molecule has 2 aliphatic rings. The van der Waals surface area contributed by atoms with E-state index in [1.807, 2.05) is 0 Å². The highest BCUT2D eigenvalue weighted by Gasteiger charge is 2.38. The minimum absolute atomic E-state index is 0.447. The van der Waals surface area contributed by atoms with Gasteiger partial charge in [0.15, 0.2) is 0 Å². The first-order valence-electron chi connectivity index (χ1n) is 4.87. The molecule has 12 heavy (non-hydrogen) atoms. The molecule has 0 aromatic carbocycles. The highest BCUT2D eigenvalue weighted by atomic mass is 16.1. The Kier molecular flexibility index (Phi) is 1.82. The maximum absolute atomic E-state index is 11.2. The largest absolute Gasteiger partial charge is 0.300 e. The summed E-state index contributed by atoms with van der Waals surface area (Å²) in [5.74, 6) is 1.12. The zero-order valence-electron chi connectivity index (χ0n) is 7.68. The van der Waals surface area contributed by atoms with Crippen LogP contribution in [0.25, 0.3) is 0 Å². The molecule has 0 aliphatic heterocycles. The molecule has 0 saturated heterocycles. The monoisotopic (exact) mass is 164 g/mol. The summed E-state index contributed by atoms with van der Waals surface area (Å²) < 4.78 is 0. The maximum Gasteiger partial charge on any atom is 0.133 e. The number of rotatable bonds is 0. The highest BCUT2D eigenvalue weighted by molar-refractivity contribution is 5.79. The van der Waals surface area contributed by atoms with E-state index in [-0.39, 0.29) is 0 Å². The van der Waals surface area contributed by atoms with E-state index in [0.717, 1.165) is 25.7 Å². The van der Waals surface area contributed by atoms with Crippen LogP contribution >= 0.6 is 0 Å². The van der Waals surface area contributed by atoms with Crippen molar-refractivity contribution in [2.24, 2.45) is 11.3 Å². The standard InChI is InChI=1S/C11H16O/c1-11-6-3-2-4-9(11)8-10(12)5-7-11/h2-3,9H,4-8H2,1H3/t9-,11+/m1/s1. The van der Waals surface area contributed by atoms with Crippen LogP contribution < -0.4 is 0 Å². The lowest BCUT2D eigenvalue weighted by Gasteiger charge is -2.42. The van der Waals surface area contributed by atoms with Crippen molar-refractivity contribution < 1.29 is 4.79 Å². The van der Waals surface area contributed by atoms with E-state index in [0.29, 0.717) is 17.1 Å². The van der Waals surface area contributed by atoms with Crippen LogP contribution in [0.5, 0.6) is 0 Å². The second-order valence-corrected chi connectivity index (χ2v) is 4.50. The SMILES string of the molecule is C[C@@]12CC=CC[C@@H]1CC(=O)CC2. The molecular weight excluding hydrogens is 148 g/mol. The van der Waals surface area contributed by atoms with Crippen molar-refractivity contribution in [1.29, 1.82) is 0 Å². The Bertz CT molecular complexity index is 229. The minimum Gasteiger partial charge on any atom is -0.300 e. The first kappa shape index (κ1) is 8.03. The van der Waals surface area contributed by atoms with Crippen molar-refractivity contribution in [2.75, 3.05) is 0 Å². The van der Waals surface area contributed by atoms with Gasteiger partial charge in [-0.3, -0.25) is 4.79 Å². The molecule has 0 N–H and O–H groups in total. The van der Waals surface area contributed by atoms with E-state index in [2.05, 4.69) is 19.1 Å². The summed E-state index contributed by atoms with van der Waals surface area (Å²) in [6, 6.07) is 0. The van der Waals surface area contributed by atoms with Gasteiger partial charge in [0.05, 0.1) is 0 Å². The van der Waals surface area contributed by atoms with Gasteiger partial charge in [0.1, 0.15) is 5.78 Å². The van der Waals surface area contributed by atoms with Gasteiger partial charge in [0, 0.05) is 12.8 Å². The molecule has 1 nitrogen and oxygen atoms in total. The Labute approximate surface area is 73.8 Å². The van der Waals surface area contributed by atoms with Crippen molar-refractivity contribution in [1.82, 2.24) is 0 Å². The number of hydrogen-bond acceptors (Lipinski definition) is 1. The first-order chi connectivity index (χ1) is 5.71. The molecular formula is C11H16O. The van der Waals surface area contributed by atoms with Crippen molar-refractivity contribution in [3.63, 3.8) is 0 Å². The molecule has 0 radical (unpaired) electrons. The van der Waals surface area contributed by atoms with Gasteiger partial charge in [-0.2, -0.15) is 0 Å². The molecule has 1 saturated carbocycles. The van der Waals surface area contributed by atoms with Crippen molar-refractivity contribution >= 4 is 5.78 Å². The summed E-state index contributed by atoms with van der Waals surface area (Å²) in [6.45, 7) is 2.34. The predicted octanol–water partition coefficient (Wildman–Crippen LogP) is 2.71. The fourth-order valence-corrected chi connectivity index (χ4v) is 2.50. The van der Waals surface area contributed by atoms with Crippen molar-refractivity contribution in [3.8, 4) is 0 Å². The lowest BCUT2D eigenvalue weighted by molar-refractivity contribution is -0.124. The lowest BCUT2D eigenvalue weighted by Crippen LogP contribution is -2.35. The van der Waals surface area contributed by atoms with Crippen LogP contribution in [0.2, 0.25) is 0 Å². The number of allylic oxidation sites excluding steroid dienone is 2. The number of ketones is 1. The Hall–Kier alpha value is -0.590. The van der Waals surface area contributed by atoms with E-state index in [1.165, 1.54) is 6.42 Å². The van der Waals surface area contributed by atoms with E-state index >= 15 is 0 Å². The molecule has 2 rings (SSSR count). The smallest absolute Gasteiger partial charge is 0.133 e. The molecule has 0 aromatic rings. The van der Waals surface area contributed by atoms with E-state index in [4.69, 9.17) is 0 Å². The lowest BCUT2D eigenvalue weighted by atomic mass is 9.62. The van der Waals surface area contributed by atoms with Gasteiger partial charge >= 0.3 is 0 Å². The highest BCUT2D eigenvalue weighted by Crippen LogP contribution is 2.46. The van der Waals surface area contributed by atoms with Gasteiger partial charge in [-0.15, -0.1) is 0 Å². The second kappa shape index (κ2) is 2.72. The van der Waals surface area contributed by atoms with Crippen LogP contribution in [0.1, 0.15) is 39.0 Å². The van der Waals surface area contributed by atoms with Gasteiger partial charge in [0.25, 0.3) is 0 Å². The average Bonchev–Trinajstić information content (AvgIpc) is 2.06. The Balaban J connectivity index is 2.18. The fourth-order valence-electron chi connectivity index (χ4n) is 2.50. The van der Waals surface area contributed by atoms with Crippen LogP contribution in [0.3, 0.4) is 0 Å². The number of Topliss-reactive ketones (excluding diaryl/α,β-unsaturated/α-hetero) is 1. The van der Waals surface area contributed by atoms with Crippen molar-refractivity contribution in [2.45, 2.75) is 39.0 Å². The van der Waals surface area contributed by atoms with Crippen LogP contribution in [-0.4, -0.2) is 5.78 Å². The number of carbonyl (C=O) groups excluding carboxylic acids is 1. The zero-order chi connectivity index (χ0) is 8.60. The quantitative estimate of drug-likeness (QED) is 0.503. The molecule has 1 heteroatoms. The van der Waals surface area contributed by atoms with Gasteiger partial charge in [0.2, 0.25) is 0 Å². The summed E-state index contributed by atoms with van der Waals surface area (Å²) in [7, 11) is 0. The maximum atomic E-state index is 11.2. The summed E-state index contributed by atoms with van der Waals surface area (Å²) in [4.78, 5) is 11.2. The van der Waals surface area contributed by atoms with Crippen LogP contribution in [0.4, 0.5) is 0 Å². The number of carbonyl (C=O) groups is 1. The third kappa shape index (κ3) is 1.21. The Morgan fingerprint density at radius 3 is 3.17 bits per heavy atom. The van der Waals surface area contributed by atoms with Crippen LogP contribution in [0.15, 0.2) is 12.2 Å². The zero-order valence-corrected chi connectivity index (χ0v) is 7.68. The van der Waals surface area contributed by atoms with Gasteiger partial charge in [-0.05, 0) is 30.6 Å². The molecule has 2 aliphatic carbocycles. The molecule has 0 aromatic heterocycles. The molecule has 0 heterocycles. The van der Waals surface area contributed by atoms with Crippen LogP contribution in [-0.2, 0) is 4.79 Å². The minimum atomic E-state index is 0.447. The number of fused-ring (bicyclic) bond motifs is 1. The fraction of sp³-hybridized carbons (Fsp3) is 0.727. The molecule has 66 valence electrons. The summed E-state index contributed by atoms with van der Waals surface area (Å²) >= 11 is 0. The van der Waals surface area contributed by atoms with E-state index < -0.39 is 0 Å².